The molecule has 1 aliphatic rings. The molecule has 4 nitrogen and oxygen atoms in total. The Hall–Kier alpha value is -3.37. The molecule has 0 N–H and O–H groups in total. The summed E-state index contributed by atoms with van der Waals surface area (Å²) in [5, 5.41) is 4.59. The molecule has 3 aromatic rings. The molecule has 0 fully saturated rings. The van der Waals surface area contributed by atoms with Gasteiger partial charge < -0.3 is 9.57 Å². The molecule has 0 unspecified atom stereocenters. The molecule has 1 aliphatic heterocycles. The normalized spacial score (nSPS) is 14.7. The number of halogens is 1. The highest BCUT2D eigenvalue weighted by atomic mass is 35.5. The van der Waals surface area contributed by atoms with Crippen molar-refractivity contribution in [1.29, 1.82) is 0 Å². The van der Waals surface area contributed by atoms with Crippen molar-refractivity contribution in [3.05, 3.63) is 106 Å². The molecule has 0 saturated carbocycles. The highest BCUT2D eigenvalue weighted by Gasteiger charge is 2.26. The van der Waals surface area contributed by atoms with Gasteiger partial charge >= 0.3 is 5.97 Å². The Bertz CT molecular complexity index is 1060. The molecule has 0 aliphatic carbocycles. The van der Waals surface area contributed by atoms with Crippen LogP contribution >= 0.6 is 11.6 Å². The summed E-state index contributed by atoms with van der Waals surface area (Å²) in [6, 6.07) is 24.5. The highest BCUT2D eigenvalue weighted by Crippen LogP contribution is 2.23. The van der Waals surface area contributed by atoms with E-state index in [1.807, 2.05) is 78.9 Å². The largest absolute Gasteiger partial charge is 0.489 e. The van der Waals surface area contributed by atoms with Crippen LogP contribution in [0.5, 0.6) is 5.75 Å². The minimum absolute atomic E-state index is 0.386. The topological polar surface area (TPSA) is 47.9 Å². The van der Waals surface area contributed by atoms with Crippen LogP contribution in [-0.4, -0.2) is 11.7 Å². The van der Waals surface area contributed by atoms with Crippen LogP contribution < -0.4 is 4.74 Å². The molecule has 4 rings (SSSR count). The van der Waals surface area contributed by atoms with Crippen LogP contribution in [0.1, 0.15) is 16.7 Å². The number of oxime groups is 1. The zero-order valence-electron chi connectivity index (χ0n) is 14.8. The Morgan fingerprint density at radius 2 is 1.64 bits per heavy atom. The van der Waals surface area contributed by atoms with Crippen molar-refractivity contribution in [2.75, 3.05) is 0 Å². The molecule has 3 aromatic carbocycles. The molecule has 138 valence electrons. The third-order valence-electron chi connectivity index (χ3n) is 4.29. The van der Waals surface area contributed by atoms with E-state index in [1.165, 1.54) is 0 Å². The maximum Gasteiger partial charge on any atom is 0.368 e. The van der Waals surface area contributed by atoms with Crippen molar-refractivity contribution in [2.24, 2.45) is 5.16 Å². The third-order valence-corrected chi connectivity index (χ3v) is 4.65. The number of hydrogen-bond donors (Lipinski definition) is 0. The van der Waals surface area contributed by atoms with Crippen LogP contribution in [0.25, 0.3) is 6.08 Å². The van der Waals surface area contributed by atoms with Crippen molar-refractivity contribution in [3.63, 3.8) is 0 Å². The number of ether oxygens (including phenoxy) is 1. The molecular weight excluding hydrogens is 374 g/mol. The van der Waals surface area contributed by atoms with E-state index in [9.17, 15) is 4.79 Å². The molecule has 0 saturated heterocycles. The molecule has 0 spiro atoms. The van der Waals surface area contributed by atoms with Gasteiger partial charge in [0.1, 0.15) is 18.1 Å². The molecule has 0 bridgehead atoms. The van der Waals surface area contributed by atoms with Gasteiger partial charge in [-0.15, -0.1) is 0 Å². The fraction of sp³-hybridized carbons (Fsp3) is 0.0435. The van der Waals surface area contributed by atoms with Gasteiger partial charge in [0.15, 0.2) is 0 Å². The van der Waals surface area contributed by atoms with Gasteiger partial charge in [0.2, 0.25) is 0 Å². The predicted octanol–water partition coefficient (Wildman–Crippen LogP) is 5.26. The summed E-state index contributed by atoms with van der Waals surface area (Å²) in [6.07, 6.45) is 1.76. The van der Waals surface area contributed by atoms with Crippen LogP contribution in [0.15, 0.2) is 89.6 Å². The summed E-state index contributed by atoms with van der Waals surface area (Å²) in [6.45, 7) is 0.386. The van der Waals surface area contributed by atoms with Crippen LogP contribution in [0.3, 0.4) is 0 Å². The SMILES string of the molecule is O=C1ON=C(c2ccccc2)/C1=C/c1ccc(OCc2ccccc2Cl)cc1. The second-order valence-corrected chi connectivity index (χ2v) is 6.60. The van der Waals surface area contributed by atoms with E-state index in [0.717, 1.165) is 16.7 Å². The average Bonchev–Trinajstić information content (AvgIpc) is 3.09. The quantitative estimate of drug-likeness (QED) is 0.441. The molecule has 1 heterocycles. The van der Waals surface area contributed by atoms with Gasteiger partial charge in [-0.25, -0.2) is 4.79 Å². The smallest absolute Gasteiger partial charge is 0.368 e. The van der Waals surface area contributed by atoms with Crippen molar-refractivity contribution in [1.82, 2.24) is 0 Å². The average molecular weight is 390 g/mol. The zero-order chi connectivity index (χ0) is 19.3. The zero-order valence-corrected chi connectivity index (χ0v) is 15.6. The number of carbonyl (C=O) groups is 1. The summed E-state index contributed by atoms with van der Waals surface area (Å²) >= 11 is 6.15. The molecule has 0 radical (unpaired) electrons. The third kappa shape index (κ3) is 3.97. The van der Waals surface area contributed by atoms with Crippen LogP contribution in [-0.2, 0) is 16.2 Å². The lowest BCUT2D eigenvalue weighted by molar-refractivity contribution is -0.136. The van der Waals surface area contributed by atoms with Crippen molar-refractivity contribution in [3.8, 4) is 5.75 Å². The second kappa shape index (κ2) is 8.11. The lowest BCUT2D eigenvalue weighted by Gasteiger charge is -2.08. The first-order valence-electron chi connectivity index (χ1n) is 8.74. The fourth-order valence-corrected chi connectivity index (χ4v) is 3.01. The Morgan fingerprint density at radius 3 is 2.39 bits per heavy atom. The fourth-order valence-electron chi connectivity index (χ4n) is 2.82. The minimum atomic E-state index is -0.460. The number of benzene rings is 3. The summed E-state index contributed by atoms with van der Waals surface area (Å²) in [5.74, 6) is 0.255. The highest BCUT2D eigenvalue weighted by molar-refractivity contribution is 6.31. The summed E-state index contributed by atoms with van der Waals surface area (Å²) in [5.41, 5.74) is 3.57. The van der Waals surface area contributed by atoms with E-state index >= 15 is 0 Å². The number of carbonyl (C=O) groups excluding carboxylic acids is 1. The maximum absolute atomic E-state index is 12.1. The van der Waals surface area contributed by atoms with E-state index in [-0.39, 0.29) is 0 Å². The van der Waals surface area contributed by atoms with Gasteiger partial charge in [0.05, 0.1) is 5.57 Å². The first kappa shape index (κ1) is 18.0. The van der Waals surface area contributed by atoms with E-state index < -0.39 is 5.97 Å². The number of nitrogens with zero attached hydrogens (tertiary/aromatic N) is 1. The molecule has 0 amide bonds. The summed E-state index contributed by atoms with van der Waals surface area (Å²) in [7, 11) is 0. The molecule has 0 aromatic heterocycles. The van der Waals surface area contributed by atoms with Gasteiger partial charge in [-0.1, -0.05) is 77.4 Å². The molecular formula is C23H16ClNO3. The van der Waals surface area contributed by atoms with Crippen LogP contribution in [0.4, 0.5) is 0 Å². The monoisotopic (exact) mass is 389 g/mol. The number of hydrogen-bond acceptors (Lipinski definition) is 4. The maximum atomic E-state index is 12.1. The first-order valence-corrected chi connectivity index (χ1v) is 9.11. The number of rotatable bonds is 5. The van der Waals surface area contributed by atoms with Gasteiger partial charge in [-0.3, -0.25) is 0 Å². The van der Waals surface area contributed by atoms with E-state index in [4.69, 9.17) is 21.2 Å². The van der Waals surface area contributed by atoms with Crippen LogP contribution in [0.2, 0.25) is 5.02 Å². The lowest BCUT2D eigenvalue weighted by atomic mass is 10.0. The lowest BCUT2D eigenvalue weighted by Crippen LogP contribution is -2.06. The van der Waals surface area contributed by atoms with Gasteiger partial charge in [0.25, 0.3) is 0 Å². The van der Waals surface area contributed by atoms with Gasteiger partial charge in [-0.05, 0) is 29.8 Å². The first-order chi connectivity index (χ1) is 13.7. The van der Waals surface area contributed by atoms with Gasteiger partial charge in [0, 0.05) is 16.1 Å². The Morgan fingerprint density at radius 1 is 0.929 bits per heavy atom. The van der Waals surface area contributed by atoms with E-state index in [0.29, 0.717) is 28.7 Å². The second-order valence-electron chi connectivity index (χ2n) is 6.19. The Balaban J connectivity index is 1.50. The molecule has 28 heavy (non-hydrogen) atoms. The van der Waals surface area contributed by atoms with E-state index in [2.05, 4.69) is 5.16 Å². The van der Waals surface area contributed by atoms with Crippen molar-refractivity contribution < 1.29 is 14.4 Å². The summed E-state index contributed by atoms with van der Waals surface area (Å²) < 4.78 is 5.79. The molecule has 5 heteroatoms. The Kier molecular flexibility index (Phi) is 5.22. The molecule has 0 atom stereocenters. The van der Waals surface area contributed by atoms with E-state index in [1.54, 1.807) is 6.08 Å². The van der Waals surface area contributed by atoms with Crippen molar-refractivity contribution >= 4 is 29.4 Å². The van der Waals surface area contributed by atoms with Crippen LogP contribution in [0, 0.1) is 0 Å². The standard InChI is InChI=1S/C23H16ClNO3/c24-21-9-5-4-8-18(21)15-27-19-12-10-16(11-13-19)14-20-22(25-28-23(20)26)17-6-2-1-3-7-17/h1-14H,15H2/b20-14-. The minimum Gasteiger partial charge on any atom is -0.489 e. The predicted molar refractivity (Wildman–Crippen MR) is 109 cm³/mol. The van der Waals surface area contributed by atoms with Gasteiger partial charge in [-0.2, -0.15) is 0 Å². The Labute approximate surface area is 167 Å². The van der Waals surface area contributed by atoms with Crippen molar-refractivity contribution in [2.45, 2.75) is 6.61 Å². The summed E-state index contributed by atoms with van der Waals surface area (Å²) in [4.78, 5) is 16.9.